The molecule has 1 aromatic heterocycles. The fourth-order valence-electron chi connectivity index (χ4n) is 2.64. The first kappa shape index (κ1) is 13.3. The lowest BCUT2D eigenvalue weighted by Gasteiger charge is -2.40. The van der Waals surface area contributed by atoms with E-state index in [0.29, 0.717) is 6.04 Å². The van der Waals surface area contributed by atoms with E-state index in [0.717, 1.165) is 43.9 Å². The molecule has 0 radical (unpaired) electrons. The molecule has 0 bridgehead atoms. The maximum absolute atomic E-state index is 5.98. The molecule has 0 saturated carbocycles. The Bertz CT molecular complexity index is 390. The molecule has 1 aromatic rings. The van der Waals surface area contributed by atoms with E-state index in [1.807, 2.05) is 13.0 Å². The Morgan fingerprint density at radius 2 is 2.22 bits per heavy atom. The Morgan fingerprint density at radius 1 is 1.44 bits per heavy atom. The molecule has 18 heavy (non-hydrogen) atoms. The number of anilines is 1. The van der Waals surface area contributed by atoms with E-state index in [-0.39, 0.29) is 5.60 Å². The van der Waals surface area contributed by atoms with E-state index in [2.05, 4.69) is 29.1 Å². The first-order chi connectivity index (χ1) is 8.67. The van der Waals surface area contributed by atoms with Crippen molar-refractivity contribution < 1.29 is 4.74 Å². The molecule has 2 rings (SSSR count). The van der Waals surface area contributed by atoms with E-state index < -0.39 is 0 Å². The van der Waals surface area contributed by atoms with Crippen molar-refractivity contribution in [1.29, 1.82) is 0 Å². The number of nitrogens with zero attached hydrogens (tertiary/aromatic N) is 2. The molecule has 1 aliphatic rings. The summed E-state index contributed by atoms with van der Waals surface area (Å²) in [5.74, 6) is 1.74. The molecule has 1 saturated heterocycles. The summed E-state index contributed by atoms with van der Waals surface area (Å²) < 4.78 is 5.98. The minimum absolute atomic E-state index is 0.0536. The predicted molar refractivity (Wildman–Crippen MR) is 72.7 cm³/mol. The lowest BCUT2D eigenvalue weighted by molar-refractivity contribution is -0.0864. The summed E-state index contributed by atoms with van der Waals surface area (Å²) in [5, 5.41) is 3.51. The van der Waals surface area contributed by atoms with Crippen LogP contribution < -0.4 is 5.32 Å². The second kappa shape index (κ2) is 5.65. The molecule has 1 atom stereocenters. The highest BCUT2D eigenvalue weighted by molar-refractivity contribution is 5.34. The van der Waals surface area contributed by atoms with Crippen LogP contribution in [0.5, 0.6) is 0 Å². The van der Waals surface area contributed by atoms with Crippen LogP contribution in [0.15, 0.2) is 12.3 Å². The largest absolute Gasteiger partial charge is 0.375 e. The minimum Gasteiger partial charge on any atom is -0.375 e. The van der Waals surface area contributed by atoms with Crippen LogP contribution in [0.4, 0.5) is 5.82 Å². The molecule has 0 spiro atoms. The molecule has 1 aliphatic heterocycles. The Balaban J connectivity index is 2.01. The standard InChI is InChI=1S/C14H23N3O/c1-4-14(5-2)10-12(7-9-18-14)17-13-6-8-15-11(3)16-13/h6,8,12H,4-5,7,9-10H2,1-3H3,(H,15,16,17). The SMILES string of the molecule is CCC1(CC)CC(Nc2ccnc(C)n2)CCO1. The highest BCUT2D eigenvalue weighted by Crippen LogP contribution is 2.32. The number of aromatic nitrogens is 2. The van der Waals surface area contributed by atoms with Gasteiger partial charge in [0.1, 0.15) is 11.6 Å². The van der Waals surface area contributed by atoms with Gasteiger partial charge in [-0.3, -0.25) is 0 Å². The zero-order valence-electron chi connectivity index (χ0n) is 11.6. The molecular weight excluding hydrogens is 226 g/mol. The summed E-state index contributed by atoms with van der Waals surface area (Å²) in [4.78, 5) is 8.52. The molecule has 2 heterocycles. The van der Waals surface area contributed by atoms with Crippen LogP contribution in [0.3, 0.4) is 0 Å². The van der Waals surface area contributed by atoms with Gasteiger partial charge in [0.25, 0.3) is 0 Å². The molecule has 100 valence electrons. The lowest BCUT2D eigenvalue weighted by atomic mass is 9.86. The quantitative estimate of drug-likeness (QED) is 0.891. The summed E-state index contributed by atoms with van der Waals surface area (Å²) in [6.07, 6.45) is 6.06. The van der Waals surface area contributed by atoms with Gasteiger partial charge in [0.05, 0.1) is 5.60 Å². The predicted octanol–water partition coefficient (Wildman–Crippen LogP) is 2.93. The Morgan fingerprint density at radius 3 is 2.89 bits per heavy atom. The number of hydrogen-bond donors (Lipinski definition) is 1. The van der Waals surface area contributed by atoms with E-state index in [9.17, 15) is 0 Å². The van der Waals surface area contributed by atoms with Gasteiger partial charge in [-0.25, -0.2) is 9.97 Å². The number of rotatable bonds is 4. The number of aryl methyl sites for hydroxylation is 1. The van der Waals surface area contributed by atoms with Crippen LogP contribution in [0.1, 0.15) is 45.4 Å². The highest BCUT2D eigenvalue weighted by atomic mass is 16.5. The monoisotopic (exact) mass is 249 g/mol. The molecule has 1 N–H and O–H groups in total. The Hall–Kier alpha value is -1.16. The van der Waals surface area contributed by atoms with E-state index >= 15 is 0 Å². The fraction of sp³-hybridized carbons (Fsp3) is 0.714. The van der Waals surface area contributed by atoms with Crippen LogP contribution in [-0.2, 0) is 4.74 Å². The summed E-state index contributed by atoms with van der Waals surface area (Å²) >= 11 is 0. The van der Waals surface area contributed by atoms with Crippen LogP contribution in [0, 0.1) is 6.92 Å². The van der Waals surface area contributed by atoms with Gasteiger partial charge in [0, 0.05) is 18.8 Å². The Labute approximate surface area is 109 Å². The smallest absolute Gasteiger partial charge is 0.129 e. The topological polar surface area (TPSA) is 47.0 Å². The van der Waals surface area contributed by atoms with E-state index in [1.54, 1.807) is 6.20 Å². The third-order valence-electron chi connectivity index (χ3n) is 3.91. The van der Waals surface area contributed by atoms with Crippen molar-refractivity contribution >= 4 is 5.82 Å². The molecule has 1 unspecified atom stereocenters. The first-order valence-electron chi connectivity index (χ1n) is 6.87. The zero-order chi connectivity index (χ0) is 13.0. The van der Waals surface area contributed by atoms with Crippen LogP contribution in [-0.4, -0.2) is 28.2 Å². The van der Waals surface area contributed by atoms with Gasteiger partial charge in [-0.2, -0.15) is 0 Å². The fourth-order valence-corrected chi connectivity index (χ4v) is 2.64. The molecular formula is C14H23N3O. The van der Waals surface area contributed by atoms with Crippen LogP contribution >= 0.6 is 0 Å². The molecule has 0 aliphatic carbocycles. The Kier molecular flexibility index (Phi) is 4.17. The summed E-state index contributed by atoms with van der Waals surface area (Å²) in [7, 11) is 0. The van der Waals surface area contributed by atoms with Crippen LogP contribution in [0.2, 0.25) is 0 Å². The van der Waals surface area contributed by atoms with Crippen molar-refractivity contribution in [2.24, 2.45) is 0 Å². The minimum atomic E-state index is 0.0536. The molecule has 4 heteroatoms. The second-order valence-corrected chi connectivity index (χ2v) is 5.06. The van der Waals surface area contributed by atoms with Gasteiger partial charge >= 0.3 is 0 Å². The molecule has 0 amide bonds. The van der Waals surface area contributed by atoms with Gasteiger partial charge in [-0.05, 0) is 38.7 Å². The van der Waals surface area contributed by atoms with Gasteiger partial charge in [-0.15, -0.1) is 0 Å². The van der Waals surface area contributed by atoms with Crippen molar-refractivity contribution in [2.75, 3.05) is 11.9 Å². The summed E-state index contributed by atoms with van der Waals surface area (Å²) in [6, 6.07) is 2.38. The zero-order valence-corrected chi connectivity index (χ0v) is 11.6. The van der Waals surface area contributed by atoms with Crippen LogP contribution in [0.25, 0.3) is 0 Å². The van der Waals surface area contributed by atoms with Crippen molar-refractivity contribution in [3.05, 3.63) is 18.1 Å². The van der Waals surface area contributed by atoms with Gasteiger partial charge in [-0.1, -0.05) is 13.8 Å². The van der Waals surface area contributed by atoms with Crippen molar-refractivity contribution in [1.82, 2.24) is 9.97 Å². The third kappa shape index (κ3) is 2.99. The number of hydrogen-bond acceptors (Lipinski definition) is 4. The summed E-state index contributed by atoms with van der Waals surface area (Å²) in [5.41, 5.74) is 0.0536. The van der Waals surface area contributed by atoms with Gasteiger partial charge in [0.2, 0.25) is 0 Å². The first-order valence-corrected chi connectivity index (χ1v) is 6.87. The lowest BCUT2D eigenvalue weighted by Crippen LogP contribution is -2.43. The maximum Gasteiger partial charge on any atom is 0.129 e. The van der Waals surface area contributed by atoms with Crippen molar-refractivity contribution in [3.8, 4) is 0 Å². The van der Waals surface area contributed by atoms with E-state index in [4.69, 9.17) is 4.74 Å². The van der Waals surface area contributed by atoms with Gasteiger partial charge < -0.3 is 10.1 Å². The second-order valence-electron chi connectivity index (χ2n) is 5.06. The molecule has 0 aromatic carbocycles. The highest BCUT2D eigenvalue weighted by Gasteiger charge is 2.34. The number of nitrogens with one attached hydrogen (secondary N) is 1. The van der Waals surface area contributed by atoms with Crippen molar-refractivity contribution in [2.45, 2.75) is 58.1 Å². The summed E-state index contributed by atoms with van der Waals surface area (Å²) in [6.45, 7) is 7.17. The number of ether oxygens (including phenoxy) is 1. The third-order valence-corrected chi connectivity index (χ3v) is 3.91. The van der Waals surface area contributed by atoms with Crippen molar-refractivity contribution in [3.63, 3.8) is 0 Å². The molecule has 4 nitrogen and oxygen atoms in total. The van der Waals surface area contributed by atoms with E-state index in [1.165, 1.54) is 0 Å². The van der Waals surface area contributed by atoms with Gasteiger partial charge in [0.15, 0.2) is 0 Å². The maximum atomic E-state index is 5.98. The molecule has 1 fully saturated rings. The average molecular weight is 249 g/mol. The normalized spacial score (nSPS) is 22.7. The average Bonchev–Trinajstić information content (AvgIpc) is 2.39.